The summed E-state index contributed by atoms with van der Waals surface area (Å²) >= 11 is 0. The smallest absolute Gasteiger partial charge is 0.228 e. The molecule has 0 radical (unpaired) electrons. The Balaban J connectivity index is 1.38. The van der Waals surface area contributed by atoms with Crippen molar-refractivity contribution in [1.82, 2.24) is 14.9 Å². The monoisotopic (exact) mass is 347 g/mol. The van der Waals surface area contributed by atoms with E-state index in [9.17, 15) is 0 Å². The summed E-state index contributed by atoms with van der Waals surface area (Å²) in [5, 5.41) is 0. The first-order valence-electron chi connectivity index (χ1n) is 9.16. The molecule has 132 valence electrons. The highest BCUT2D eigenvalue weighted by atomic mass is 16.5. The molecule has 4 heterocycles. The van der Waals surface area contributed by atoms with Gasteiger partial charge in [-0.05, 0) is 36.2 Å². The van der Waals surface area contributed by atoms with Crippen LogP contribution in [0, 0.1) is 0 Å². The highest BCUT2D eigenvalue weighted by molar-refractivity contribution is 5.51. The number of hydrogen-bond donors (Lipinski definition) is 0. The molecule has 1 unspecified atom stereocenters. The van der Waals surface area contributed by atoms with E-state index < -0.39 is 0 Å². The van der Waals surface area contributed by atoms with Crippen molar-refractivity contribution in [2.45, 2.75) is 32.4 Å². The molecule has 1 aromatic carbocycles. The zero-order valence-corrected chi connectivity index (χ0v) is 14.8. The average molecular weight is 347 g/mol. The fraction of sp³-hybridized carbons (Fsp3) is 0.333. The number of aromatic nitrogens is 2. The maximum absolute atomic E-state index is 6.06. The number of nitrogens with zero attached hydrogens (tertiary/aromatic N) is 3. The van der Waals surface area contributed by atoms with Crippen molar-refractivity contribution in [3.05, 3.63) is 65.3 Å². The fourth-order valence-electron chi connectivity index (χ4n) is 3.81. The maximum Gasteiger partial charge on any atom is 0.228 e. The van der Waals surface area contributed by atoms with Crippen LogP contribution in [-0.2, 0) is 19.4 Å². The molecule has 0 bridgehead atoms. The topological polar surface area (TPSA) is 51.4 Å². The highest BCUT2D eigenvalue weighted by Gasteiger charge is 2.27. The molecule has 2 aromatic heterocycles. The lowest BCUT2D eigenvalue weighted by Crippen LogP contribution is -2.32. The maximum atomic E-state index is 6.06. The Morgan fingerprint density at radius 3 is 3.04 bits per heavy atom. The van der Waals surface area contributed by atoms with Gasteiger partial charge < -0.3 is 9.15 Å². The van der Waals surface area contributed by atoms with Gasteiger partial charge in [0.05, 0.1) is 24.4 Å². The first-order chi connectivity index (χ1) is 12.8. The van der Waals surface area contributed by atoms with Crippen molar-refractivity contribution < 1.29 is 9.15 Å². The normalized spacial score (nSPS) is 17.4. The summed E-state index contributed by atoms with van der Waals surface area (Å²) in [7, 11) is 0. The molecule has 0 spiro atoms. The third-order valence-electron chi connectivity index (χ3n) is 5.42. The zero-order valence-electron chi connectivity index (χ0n) is 14.8. The number of hydrogen-bond acceptors (Lipinski definition) is 5. The molecule has 0 fully saturated rings. The van der Waals surface area contributed by atoms with Crippen LogP contribution in [0.1, 0.15) is 35.5 Å². The van der Waals surface area contributed by atoms with Crippen LogP contribution in [0.3, 0.4) is 0 Å². The van der Waals surface area contributed by atoms with Gasteiger partial charge in [0.25, 0.3) is 0 Å². The lowest BCUT2D eigenvalue weighted by atomic mass is 10.0. The van der Waals surface area contributed by atoms with Crippen LogP contribution in [0.15, 0.2) is 47.1 Å². The molecule has 5 heteroatoms. The Hall–Kier alpha value is -2.66. The molecule has 0 saturated heterocycles. The predicted octanol–water partition coefficient (Wildman–Crippen LogP) is 3.79. The second-order valence-electron chi connectivity index (χ2n) is 6.99. The lowest BCUT2D eigenvalue weighted by Gasteiger charge is -2.31. The summed E-state index contributed by atoms with van der Waals surface area (Å²) in [6.07, 6.45) is 5.48. The Kier molecular flexibility index (Phi) is 3.75. The molecular formula is C21H21N3O2. The van der Waals surface area contributed by atoms with Crippen molar-refractivity contribution in [2.24, 2.45) is 0 Å². The molecule has 0 amide bonds. The minimum absolute atomic E-state index is 0.310. The van der Waals surface area contributed by atoms with Crippen LogP contribution in [0.25, 0.3) is 11.5 Å². The number of rotatable bonds is 3. The van der Waals surface area contributed by atoms with Crippen LogP contribution >= 0.6 is 0 Å². The Morgan fingerprint density at radius 2 is 2.15 bits per heavy atom. The van der Waals surface area contributed by atoms with Crippen LogP contribution in [0.2, 0.25) is 0 Å². The molecule has 5 rings (SSSR count). The lowest BCUT2D eigenvalue weighted by molar-refractivity contribution is 0.174. The van der Waals surface area contributed by atoms with Crippen LogP contribution in [0.5, 0.6) is 5.75 Å². The van der Waals surface area contributed by atoms with Gasteiger partial charge in [-0.15, -0.1) is 0 Å². The number of fused-ring (bicyclic) bond motifs is 2. The van der Waals surface area contributed by atoms with Gasteiger partial charge in [-0.25, -0.2) is 4.98 Å². The summed E-state index contributed by atoms with van der Waals surface area (Å²) < 4.78 is 11.8. The SMILES string of the molecule is CC(c1ccc2c(c1)OCC2)N1CCc2nc(-c3cccnc3)oc2C1. The standard InChI is InChI=1S/C21H21N3O2/c1-14(16-5-4-15-7-10-25-19(15)11-16)24-9-6-18-20(13-24)26-21(23-18)17-3-2-8-22-12-17/h2-5,8,11-12,14H,6-7,9-10,13H2,1H3. The molecule has 0 saturated carbocycles. The van der Waals surface area contributed by atoms with E-state index in [4.69, 9.17) is 9.15 Å². The zero-order chi connectivity index (χ0) is 17.5. The third kappa shape index (κ3) is 2.69. The van der Waals surface area contributed by atoms with E-state index in [2.05, 4.69) is 40.0 Å². The minimum atomic E-state index is 0.310. The van der Waals surface area contributed by atoms with Crippen LogP contribution in [0.4, 0.5) is 0 Å². The molecule has 0 aliphatic carbocycles. The Morgan fingerprint density at radius 1 is 1.19 bits per heavy atom. The van der Waals surface area contributed by atoms with E-state index in [1.807, 2.05) is 12.1 Å². The predicted molar refractivity (Wildman–Crippen MR) is 97.9 cm³/mol. The molecule has 0 N–H and O–H groups in total. The van der Waals surface area contributed by atoms with Gasteiger partial charge in [0, 0.05) is 37.8 Å². The van der Waals surface area contributed by atoms with Gasteiger partial charge in [0.2, 0.25) is 5.89 Å². The summed E-state index contributed by atoms with van der Waals surface area (Å²) in [6, 6.07) is 10.8. The molecule has 1 atom stereocenters. The third-order valence-corrected chi connectivity index (χ3v) is 5.42. The molecule has 5 nitrogen and oxygen atoms in total. The molecule has 26 heavy (non-hydrogen) atoms. The second kappa shape index (κ2) is 6.25. The van der Waals surface area contributed by atoms with Gasteiger partial charge in [-0.2, -0.15) is 0 Å². The first-order valence-corrected chi connectivity index (χ1v) is 9.16. The van der Waals surface area contributed by atoms with Crippen molar-refractivity contribution in [2.75, 3.05) is 13.2 Å². The van der Waals surface area contributed by atoms with Crippen LogP contribution < -0.4 is 4.74 Å². The van der Waals surface area contributed by atoms with Gasteiger partial charge in [-0.1, -0.05) is 12.1 Å². The Bertz CT molecular complexity index is 936. The second-order valence-corrected chi connectivity index (χ2v) is 6.99. The largest absolute Gasteiger partial charge is 0.493 e. The fourth-order valence-corrected chi connectivity index (χ4v) is 3.81. The summed E-state index contributed by atoms with van der Waals surface area (Å²) in [5.41, 5.74) is 4.61. The number of pyridine rings is 1. The summed E-state index contributed by atoms with van der Waals surface area (Å²) in [4.78, 5) is 11.3. The van der Waals surface area contributed by atoms with E-state index in [1.54, 1.807) is 12.4 Å². The quantitative estimate of drug-likeness (QED) is 0.721. The summed E-state index contributed by atoms with van der Waals surface area (Å²) in [6.45, 7) is 4.81. The molecule has 2 aliphatic rings. The molecular weight excluding hydrogens is 326 g/mol. The average Bonchev–Trinajstić information content (AvgIpc) is 3.33. The van der Waals surface area contributed by atoms with Gasteiger partial charge >= 0.3 is 0 Å². The number of ether oxygens (including phenoxy) is 1. The van der Waals surface area contributed by atoms with Crippen molar-refractivity contribution in [3.63, 3.8) is 0 Å². The van der Waals surface area contributed by atoms with Gasteiger partial charge in [-0.3, -0.25) is 9.88 Å². The van der Waals surface area contributed by atoms with E-state index in [-0.39, 0.29) is 0 Å². The molecule has 2 aliphatic heterocycles. The van der Waals surface area contributed by atoms with Gasteiger partial charge in [0.15, 0.2) is 0 Å². The minimum Gasteiger partial charge on any atom is -0.493 e. The summed E-state index contributed by atoms with van der Waals surface area (Å²) in [5.74, 6) is 2.69. The van der Waals surface area contributed by atoms with Gasteiger partial charge in [0.1, 0.15) is 11.5 Å². The van der Waals surface area contributed by atoms with Crippen molar-refractivity contribution in [1.29, 1.82) is 0 Å². The molecule has 3 aromatic rings. The van der Waals surface area contributed by atoms with Crippen molar-refractivity contribution in [3.8, 4) is 17.2 Å². The van der Waals surface area contributed by atoms with E-state index in [0.29, 0.717) is 11.9 Å². The first kappa shape index (κ1) is 15.6. The number of benzene rings is 1. The van der Waals surface area contributed by atoms with Crippen molar-refractivity contribution >= 4 is 0 Å². The van der Waals surface area contributed by atoms with E-state index >= 15 is 0 Å². The highest BCUT2D eigenvalue weighted by Crippen LogP contribution is 2.33. The van der Waals surface area contributed by atoms with E-state index in [0.717, 1.165) is 55.3 Å². The Labute approximate surface area is 152 Å². The van der Waals surface area contributed by atoms with E-state index in [1.165, 1.54) is 11.1 Å². The number of oxazole rings is 1. The van der Waals surface area contributed by atoms with Crippen LogP contribution in [-0.4, -0.2) is 28.0 Å².